The maximum Gasteiger partial charge on any atom is 0.207 e. The molecule has 1 aliphatic rings. The van der Waals surface area contributed by atoms with Gasteiger partial charge in [0.15, 0.2) is 0 Å². The van der Waals surface area contributed by atoms with E-state index in [0.29, 0.717) is 5.69 Å². The van der Waals surface area contributed by atoms with Gasteiger partial charge in [-0.1, -0.05) is 6.07 Å². The van der Waals surface area contributed by atoms with E-state index in [4.69, 9.17) is 0 Å². The number of carbonyl (C=O) groups is 1. The van der Waals surface area contributed by atoms with Gasteiger partial charge in [-0.2, -0.15) is 0 Å². The Labute approximate surface area is 98.4 Å². The van der Waals surface area contributed by atoms with Gasteiger partial charge in [-0.15, -0.1) is 0 Å². The minimum atomic E-state index is 0.0230. The van der Waals surface area contributed by atoms with Crippen LogP contribution >= 0.6 is 0 Å². The molecule has 0 saturated carbocycles. The molecule has 2 heterocycles. The summed E-state index contributed by atoms with van der Waals surface area (Å²) in [5.41, 5.74) is 3.19. The number of fused-ring (bicyclic) bond motifs is 1. The van der Waals surface area contributed by atoms with Crippen LogP contribution in [0, 0.1) is 0 Å². The normalized spacial score (nSPS) is 17.2. The van der Waals surface area contributed by atoms with Gasteiger partial charge in [-0.3, -0.25) is 9.78 Å². The van der Waals surface area contributed by atoms with Crippen molar-refractivity contribution in [2.45, 2.75) is 12.8 Å². The van der Waals surface area contributed by atoms with Crippen LogP contribution in [0.1, 0.15) is 28.2 Å². The Morgan fingerprint density at radius 1 is 1.29 bits per heavy atom. The zero-order valence-electron chi connectivity index (χ0n) is 9.18. The maximum absolute atomic E-state index is 12.2. The first-order valence-corrected chi connectivity index (χ1v) is 5.52. The Hall–Kier alpha value is -2.23. The molecule has 3 rings (SSSR count). The molecule has 0 amide bonds. The van der Waals surface area contributed by atoms with E-state index in [1.807, 2.05) is 18.2 Å². The monoisotopic (exact) mass is 225 g/mol. The highest BCUT2D eigenvalue weighted by Crippen LogP contribution is 2.24. The first-order chi connectivity index (χ1) is 8.34. The molecule has 0 unspecified atom stereocenters. The summed E-state index contributed by atoms with van der Waals surface area (Å²) in [6.07, 6.45) is 8.49. The fourth-order valence-corrected chi connectivity index (χ4v) is 2.05. The lowest BCUT2D eigenvalue weighted by Crippen LogP contribution is -2.15. The van der Waals surface area contributed by atoms with Crippen molar-refractivity contribution in [2.24, 2.45) is 0 Å². The second-order valence-electron chi connectivity index (χ2n) is 4.00. The number of Topliss-reactive ketones (excluding diaryl/α,β-unsaturated/α-hetero) is 1. The minimum Gasteiger partial charge on any atom is -0.351 e. The summed E-state index contributed by atoms with van der Waals surface area (Å²) >= 11 is 0. The lowest BCUT2D eigenvalue weighted by molar-refractivity contribution is 0.102. The molecule has 0 aromatic carbocycles. The number of nitrogens with zero attached hydrogens (tertiary/aromatic N) is 2. The maximum atomic E-state index is 12.2. The first kappa shape index (κ1) is 9.96. The molecular weight excluding hydrogens is 214 g/mol. The average molecular weight is 225 g/mol. The summed E-state index contributed by atoms with van der Waals surface area (Å²) in [7, 11) is 0. The van der Waals surface area contributed by atoms with E-state index in [0.717, 1.165) is 29.7 Å². The molecule has 4 heteroatoms. The van der Waals surface area contributed by atoms with Crippen molar-refractivity contribution in [1.82, 2.24) is 15.0 Å². The molecule has 0 fully saturated rings. The molecule has 0 atom stereocenters. The highest BCUT2D eigenvalue weighted by Gasteiger charge is 2.22. The molecule has 0 spiro atoms. The molecule has 17 heavy (non-hydrogen) atoms. The number of hydrogen-bond donors (Lipinski definition) is 1. The predicted octanol–water partition coefficient (Wildman–Crippen LogP) is 2.02. The van der Waals surface area contributed by atoms with Gasteiger partial charge in [0.05, 0.1) is 12.0 Å². The van der Waals surface area contributed by atoms with Gasteiger partial charge < -0.3 is 4.98 Å². The van der Waals surface area contributed by atoms with Crippen LogP contribution < -0.4 is 0 Å². The molecule has 1 N–H and O–H groups in total. The van der Waals surface area contributed by atoms with Crippen LogP contribution in [-0.2, 0) is 6.42 Å². The van der Waals surface area contributed by atoms with E-state index >= 15 is 0 Å². The van der Waals surface area contributed by atoms with Crippen molar-refractivity contribution in [3.8, 4) is 0 Å². The molecule has 0 aliphatic heterocycles. The van der Waals surface area contributed by atoms with Crippen LogP contribution in [0.15, 0.2) is 36.4 Å². The lowest BCUT2D eigenvalue weighted by Gasteiger charge is -2.15. The Morgan fingerprint density at radius 2 is 2.24 bits per heavy atom. The SMILES string of the molecule is O=C1/C(=C\c2c[nH]cn2)CCc2cccnc21. The van der Waals surface area contributed by atoms with Crippen molar-refractivity contribution in [3.05, 3.63) is 53.4 Å². The van der Waals surface area contributed by atoms with E-state index < -0.39 is 0 Å². The van der Waals surface area contributed by atoms with Crippen LogP contribution in [0.5, 0.6) is 0 Å². The van der Waals surface area contributed by atoms with Crippen molar-refractivity contribution in [2.75, 3.05) is 0 Å². The number of aromatic nitrogens is 3. The van der Waals surface area contributed by atoms with E-state index in [1.165, 1.54) is 0 Å². The predicted molar refractivity (Wildman–Crippen MR) is 63.5 cm³/mol. The van der Waals surface area contributed by atoms with E-state index in [9.17, 15) is 4.79 Å². The van der Waals surface area contributed by atoms with Gasteiger partial charge in [0.1, 0.15) is 5.69 Å². The van der Waals surface area contributed by atoms with Gasteiger partial charge in [0, 0.05) is 18.0 Å². The quantitative estimate of drug-likeness (QED) is 0.755. The van der Waals surface area contributed by atoms with E-state index in [2.05, 4.69) is 15.0 Å². The Kier molecular flexibility index (Phi) is 2.33. The molecule has 4 nitrogen and oxygen atoms in total. The number of pyridine rings is 1. The molecular formula is C13H11N3O. The zero-order valence-corrected chi connectivity index (χ0v) is 9.18. The number of nitrogens with one attached hydrogen (secondary N) is 1. The Morgan fingerprint density at radius 3 is 3.06 bits per heavy atom. The largest absolute Gasteiger partial charge is 0.351 e. The third-order valence-electron chi connectivity index (χ3n) is 2.90. The van der Waals surface area contributed by atoms with Crippen molar-refractivity contribution in [3.63, 3.8) is 0 Å². The summed E-state index contributed by atoms with van der Waals surface area (Å²) < 4.78 is 0. The van der Waals surface area contributed by atoms with Crippen LogP contribution in [0.3, 0.4) is 0 Å². The molecule has 84 valence electrons. The number of aromatic amines is 1. The number of aryl methyl sites for hydroxylation is 1. The minimum absolute atomic E-state index is 0.0230. The zero-order chi connectivity index (χ0) is 11.7. The van der Waals surface area contributed by atoms with E-state index in [-0.39, 0.29) is 5.78 Å². The summed E-state index contributed by atoms with van der Waals surface area (Å²) in [4.78, 5) is 23.3. The summed E-state index contributed by atoms with van der Waals surface area (Å²) in [6.45, 7) is 0. The topological polar surface area (TPSA) is 58.6 Å². The highest BCUT2D eigenvalue weighted by molar-refractivity contribution is 6.11. The molecule has 2 aromatic rings. The van der Waals surface area contributed by atoms with Gasteiger partial charge in [-0.25, -0.2) is 4.98 Å². The molecule has 0 bridgehead atoms. The third-order valence-corrected chi connectivity index (χ3v) is 2.90. The number of hydrogen-bond acceptors (Lipinski definition) is 3. The number of rotatable bonds is 1. The lowest BCUT2D eigenvalue weighted by atomic mass is 9.90. The van der Waals surface area contributed by atoms with Gasteiger partial charge in [-0.05, 0) is 30.5 Å². The average Bonchev–Trinajstić information content (AvgIpc) is 2.86. The van der Waals surface area contributed by atoms with Crippen molar-refractivity contribution < 1.29 is 4.79 Å². The smallest absolute Gasteiger partial charge is 0.207 e. The Balaban J connectivity index is 2.00. The fraction of sp³-hybridized carbons (Fsp3) is 0.154. The first-order valence-electron chi connectivity index (χ1n) is 5.52. The number of H-pyrrole nitrogens is 1. The van der Waals surface area contributed by atoms with Gasteiger partial charge in [0.2, 0.25) is 5.78 Å². The van der Waals surface area contributed by atoms with Crippen LogP contribution in [0.2, 0.25) is 0 Å². The Bertz CT molecular complexity index is 584. The molecule has 0 saturated heterocycles. The number of carbonyl (C=O) groups excluding carboxylic acids is 1. The standard InChI is InChI=1S/C13H11N3O/c17-13-10(6-11-7-14-8-16-11)4-3-9-2-1-5-15-12(9)13/h1-2,5-8H,3-4H2,(H,14,16)/b10-6-. The van der Waals surface area contributed by atoms with Gasteiger partial charge >= 0.3 is 0 Å². The van der Waals surface area contributed by atoms with Crippen molar-refractivity contribution >= 4 is 11.9 Å². The number of ketones is 1. The van der Waals surface area contributed by atoms with Crippen LogP contribution in [-0.4, -0.2) is 20.7 Å². The highest BCUT2D eigenvalue weighted by atomic mass is 16.1. The van der Waals surface area contributed by atoms with Gasteiger partial charge in [0.25, 0.3) is 0 Å². The molecule has 2 aromatic heterocycles. The summed E-state index contributed by atoms with van der Waals surface area (Å²) in [5, 5.41) is 0. The second kappa shape index (κ2) is 3.97. The second-order valence-corrected chi connectivity index (χ2v) is 4.00. The van der Waals surface area contributed by atoms with Crippen LogP contribution in [0.4, 0.5) is 0 Å². The third kappa shape index (κ3) is 1.78. The van der Waals surface area contributed by atoms with Crippen LogP contribution in [0.25, 0.3) is 6.08 Å². The number of imidazole rings is 1. The fourth-order valence-electron chi connectivity index (χ4n) is 2.05. The number of allylic oxidation sites excluding steroid dienone is 1. The molecule has 0 radical (unpaired) electrons. The molecule has 1 aliphatic carbocycles. The van der Waals surface area contributed by atoms with Crippen molar-refractivity contribution in [1.29, 1.82) is 0 Å². The summed E-state index contributed by atoms with van der Waals surface area (Å²) in [5.74, 6) is 0.0230. The van der Waals surface area contributed by atoms with E-state index in [1.54, 1.807) is 18.7 Å². The summed E-state index contributed by atoms with van der Waals surface area (Å²) in [6, 6.07) is 3.83.